The smallest absolute Gasteiger partial charge is 0.269 e. The van der Waals surface area contributed by atoms with Gasteiger partial charge in [0.25, 0.3) is 5.69 Å². The van der Waals surface area contributed by atoms with Crippen molar-refractivity contribution in [2.45, 2.75) is 0 Å². The van der Waals surface area contributed by atoms with Crippen LogP contribution in [0.15, 0.2) is 75.9 Å². The highest BCUT2D eigenvalue weighted by Crippen LogP contribution is 2.36. The number of nitro groups is 1. The highest BCUT2D eigenvalue weighted by atomic mass is 16.6. The number of nitro benzene ring substituents is 1. The minimum absolute atomic E-state index is 0.126. The van der Waals surface area contributed by atoms with E-state index in [0.29, 0.717) is 28.0 Å². The molecule has 0 aliphatic carbocycles. The van der Waals surface area contributed by atoms with Crippen LogP contribution in [-0.2, 0) is 0 Å². The van der Waals surface area contributed by atoms with Crippen molar-refractivity contribution in [2.24, 2.45) is 0 Å². The van der Waals surface area contributed by atoms with Crippen molar-refractivity contribution >= 4 is 22.4 Å². The SMILES string of the molecule is COc1ccc(-c2oc3ccccc3c(=O)c2OCC(=O)c2ccc([N+](=O)[O-])cc2)cc1OC. The Morgan fingerprint density at radius 1 is 0.971 bits per heavy atom. The second-order valence-corrected chi connectivity index (χ2v) is 7.17. The van der Waals surface area contributed by atoms with Crippen LogP contribution in [-0.4, -0.2) is 31.5 Å². The van der Waals surface area contributed by atoms with E-state index in [1.807, 2.05) is 0 Å². The molecule has 0 saturated heterocycles. The monoisotopic (exact) mass is 461 g/mol. The van der Waals surface area contributed by atoms with Crippen LogP contribution in [0.3, 0.4) is 0 Å². The zero-order valence-corrected chi connectivity index (χ0v) is 18.3. The van der Waals surface area contributed by atoms with Crippen molar-refractivity contribution in [3.05, 3.63) is 92.6 Å². The number of para-hydroxylation sites is 1. The van der Waals surface area contributed by atoms with E-state index in [9.17, 15) is 19.7 Å². The molecule has 4 aromatic rings. The topological polar surface area (TPSA) is 118 Å². The standard InChI is InChI=1S/C25H19NO8/c1-31-21-12-9-16(13-22(21)32-2)24-25(23(28)18-5-3-4-6-20(18)34-24)33-14-19(27)15-7-10-17(11-8-15)26(29)30/h3-13H,14H2,1-2H3. The van der Waals surface area contributed by atoms with Crippen molar-refractivity contribution < 1.29 is 28.3 Å². The molecule has 0 saturated carbocycles. The normalized spacial score (nSPS) is 10.6. The third-order valence-corrected chi connectivity index (χ3v) is 5.15. The molecule has 3 aromatic carbocycles. The molecule has 4 rings (SSSR count). The lowest BCUT2D eigenvalue weighted by atomic mass is 10.1. The van der Waals surface area contributed by atoms with Gasteiger partial charge >= 0.3 is 0 Å². The van der Waals surface area contributed by atoms with Crippen molar-refractivity contribution in [2.75, 3.05) is 20.8 Å². The first-order chi connectivity index (χ1) is 16.4. The Morgan fingerprint density at radius 3 is 2.35 bits per heavy atom. The summed E-state index contributed by atoms with van der Waals surface area (Å²) in [6, 6.07) is 16.8. The Kier molecular flexibility index (Phi) is 6.26. The zero-order chi connectivity index (χ0) is 24.2. The first kappa shape index (κ1) is 22.5. The quantitative estimate of drug-likeness (QED) is 0.211. The molecule has 0 aliphatic rings. The number of nitrogens with zero attached hydrogens (tertiary/aromatic N) is 1. The van der Waals surface area contributed by atoms with E-state index in [-0.39, 0.29) is 22.8 Å². The summed E-state index contributed by atoms with van der Waals surface area (Å²) < 4.78 is 22.3. The number of hydrogen-bond acceptors (Lipinski definition) is 8. The highest BCUT2D eigenvalue weighted by molar-refractivity contribution is 5.97. The molecule has 0 spiro atoms. The molecule has 0 fully saturated rings. The van der Waals surface area contributed by atoms with Crippen molar-refractivity contribution in [1.82, 2.24) is 0 Å². The zero-order valence-electron chi connectivity index (χ0n) is 18.3. The lowest BCUT2D eigenvalue weighted by molar-refractivity contribution is -0.384. The van der Waals surface area contributed by atoms with E-state index in [1.165, 1.54) is 38.5 Å². The minimum Gasteiger partial charge on any atom is -0.493 e. The first-order valence-electron chi connectivity index (χ1n) is 10.1. The molecular formula is C25H19NO8. The van der Waals surface area contributed by atoms with Gasteiger partial charge in [0, 0.05) is 23.3 Å². The van der Waals surface area contributed by atoms with Gasteiger partial charge < -0.3 is 18.6 Å². The van der Waals surface area contributed by atoms with Crippen LogP contribution in [0.5, 0.6) is 17.2 Å². The molecule has 34 heavy (non-hydrogen) atoms. The fraction of sp³-hybridized carbons (Fsp3) is 0.120. The molecule has 0 atom stereocenters. The van der Waals surface area contributed by atoms with Gasteiger partial charge in [-0.05, 0) is 42.5 Å². The number of hydrogen-bond donors (Lipinski definition) is 0. The van der Waals surface area contributed by atoms with Crippen LogP contribution in [0.4, 0.5) is 5.69 Å². The summed E-state index contributed by atoms with van der Waals surface area (Å²) in [5.74, 6) is 0.442. The number of methoxy groups -OCH3 is 2. The van der Waals surface area contributed by atoms with Gasteiger partial charge in [-0.2, -0.15) is 0 Å². The van der Waals surface area contributed by atoms with Gasteiger partial charge in [0.2, 0.25) is 11.2 Å². The molecule has 9 nitrogen and oxygen atoms in total. The van der Waals surface area contributed by atoms with E-state index >= 15 is 0 Å². The Morgan fingerprint density at radius 2 is 1.68 bits per heavy atom. The Balaban J connectivity index is 1.74. The molecule has 0 N–H and O–H groups in total. The maximum absolute atomic E-state index is 13.2. The van der Waals surface area contributed by atoms with E-state index in [2.05, 4.69) is 0 Å². The average Bonchev–Trinajstić information content (AvgIpc) is 2.87. The highest BCUT2D eigenvalue weighted by Gasteiger charge is 2.21. The molecule has 172 valence electrons. The Bertz CT molecular complexity index is 1440. The third-order valence-electron chi connectivity index (χ3n) is 5.15. The number of fused-ring (bicyclic) bond motifs is 1. The number of rotatable bonds is 8. The van der Waals surface area contributed by atoms with Gasteiger partial charge in [-0.1, -0.05) is 12.1 Å². The lowest BCUT2D eigenvalue weighted by Gasteiger charge is -2.13. The van der Waals surface area contributed by atoms with Crippen molar-refractivity contribution in [1.29, 1.82) is 0 Å². The van der Waals surface area contributed by atoms with Gasteiger partial charge in [0.1, 0.15) is 5.58 Å². The second kappa shape index (κ2) is 9.45. The predicted molar refractivity (Wildman–Crippen MR) is 124 cm³/mol. The number of carbonyl (C=O) groups excluding carboxylic acids is 1. The van der Waals surface area contributed by atoms with Gasteiger partial charge in [-0.25, -0.2) is 0 Å². The molecule has 0 radical (unpaired) electrons. The molecule has 0 amide bonds. The number of carbonyl (C=O) groups is 1. The summed E-state index contributed by atoms with van der Waals surface area (Å²) in [6.07, 6.45) is 0. The number of ketones is 1. The van der Waals surface area contributed by atoms with Gasteiger partial charge in [-0.3, -0.25) is 19.7 Å². The maximum Gasteiger partial charge on any atom is 0.269 e. The summed E-state index contributed by atoms with van der Waals surface area (Å²) in [5, 5.41) is 11.1. The van der Waals surface area contributed by atoms with Crippen LogP contribution < -0.4 is 19.6 Å². The summed E-state index contributed by atoms with van der Waals surface area (Å²) in [4.78, 5) is 36.2. The summed E-state index contributed by atoms with van der Waals surface area (Å²) in [5.41, 5.74) is 0.472. The molecule has 1 aromatic heterocycles. The maximum atomic E-state index is 13.2. The summed E-state index contributed by atoms with van der Waals surface area (Å²) in [7, 11) is 2.99. The number of Topliss-reactive ketones (excluding diaryl/α,β-unsaturated/α-hetero) is 1. The fourth-order valence-corrected chi connectivity index (χ4v) is 3.41. The van der Waals surface area contributed by atoms with Crippen molar-refractivity contribution in [3.8, 4) is 28.6 Å². The summed E-state index contributed by atoms with van der Waals surface area (Å²) in [6.45, 7) is -0.471. The van der Waals surface area contributed by atoms with Crippen LogP contribution in [0.2, 0.25) is 0 Å². The number of benzene rings is 3. The summed E-state index contributed by atoms with van der Waals surface area (Å²) >= 11 is 0. The van der Waals surface area contributed by atoms with Gasteiger partial charge in [-0.15, -0.1) is 0 Å². The number of ether oxygens (including phenoxy) is 3. The molecule has 0 bridgehead atoms. The van der Waals surface area contributed by atoms with Gasteiger partial charge in [0.15, 0.2) is 29.6 Å². The minimum atomic E-state index is -0.555. The van der Waals surface area contributed by atoms with Gasteiger partial charge in [0.05, 0.1) is 24.5 Å². The third kappa shape index (κ3) is 4.31. The molecule has 9 heteroatoms. The molecule has 0 aliphatic heterocycles. The van der Waals surface area contributed by atoms with E-state index < -0.39 is 22.7 Å². The largest absolute Gasteiger partial charge is 0.493 e. The predicted octanol–water partition coefficient (Wildman–Crippen LogP) is 4.65. The Labute approximate surface area is 193 Å². The van der Waals surface area contributed by atoms with E-state index in [0.717, 1.165) is 0 Å². The second-order valence-electron chi connectivity index (χ2n) is 7.17. The van der Waals surface area contributed by atoms with Crippen molar-refractivity contribution in [3.63, 3.8) is 0 Å². The average molecular weight is 461 g/mol. The van der Waals surface area contributed by atoms with Crippen LogP contribution >= 0.6 is 0 Å². The molecule has 0 unspecified atom stereocenters. The van der Waals surface area contributed by atoms with Crippen LogP contribution in [0.1, 0.15) is 10.4 Å². The Hall–Kier alpha value is -4.66. The first-order valence-corrected chi connectivity index (χ1v) is 10.1. The number of non-ortho nitro benzene ring substituents is 1. The molecule has 1 heterocycles. The van der Waals surface area contributed by atoms with E-state index in [1.54, 1.807) is 42.5 Å². The van der Waals surface area contributed by atoms with Crippen LogP contribution in [0, 0.1) is 10.1 Å². The molecular weight excluding hydrogens is 442 g/mol. The van der Waals surface area contributed by atoms with E-state index in [4.69, 9.17) is 18.6 Å². The fourth-order valence-electron chi connectivity index (χ4n) is 3.41. The van der Waals surface area contributed by atoms with Crippen LogP contribution in [0.25, 0.3) is 22.3 Å². The lowest BCUT2D eigenvalue weighted by Crippen LogP contribution is -2.17.